The lowest BCUT2D eigenvalue weighted by molar-refractivity contribution is 0.0926. The number of fused-ring (bicyclic) bond motifs is 2. The predicted octanol–water partition coefficient (Wildman–Crippen LogP) is 6.87. The van der Waals surface area contributed by atoms with Crippen LogP contribution in [0.4, 0.5) is 5.69 Å². The first kappa shape index (κ1) is 19.1. The normalized spacial score (nSPS) is 13.8. The molecule has 1 aliphatic rings. The van der Waals surface area contributed by atoms with Crippen LogP contribution in [0.25, 0.3) is 10.2 Å². The maximum atomic E-state index is 13.0. The molecule has 2 heterocycles. The minimum Gasteiger partial charge on any atom is -0.268 e. The average Bonchev–Trinajstić information content (AvgIpc) is 3.15. The molecule has 0 spiro atoms. The molecule has 1 aliphatic heterocycles. The van der Waals surface area contributed by atoms with Gasteiger partial charge in [0, 0.05) is 17.9 Å². The maximum Gasteiger partial charge on any atom is 0.267 e. The van der Waals surface area contributed by atoms with Crippen molar-refractivity contribution >= 4 is 115 Å². The quantitative estimate of drug-likeness (QED) is 0.133. The van der Waals surface area contributed by atoms with Gasteiger partial charge in [-0.1, -0.05) is 11.8 Å². The molecule has 0 fully saturated rings. The van der Waals surface area contributed by atoms with Crippen LogP contribution in [0.3, 0.4) is 0 Å². The van der Waals surface area contributed by atoms with Crippen molar-refractivity contribution in [2.45, 2.75) is 4.34 Å². The summed E-state index contributed by atoms with van der Waals surface area (Å²) in [5, 5.41) is 0. The Morgan fingerprint density at radius 3 is 2.08 bits per heavy atom. The van der Waals surface area contributed by atoms with Crippen molar-refractivity contribution in [3.05, 3.63) is 47.2 Å². The van der Waals surface area contributed by atoms with Crippen LogP contribution in [-0.2, 0) is 0 Å². The number of carbonyl (C=O) groups excluding carboxylic acids is 2. The molecule has 1 aromatic heterocycles. The number of rotatable bonds is 2. The number of anilines is 1. The number of benzene rings is 2. The molecule has 0 saturated carbocycles. The third-order valence-electron chi connectivity index (χ3n) is 3.89. The summed E-state index contributed by atoms with van der Waals surface area (Å²) in [6.07, 6.45) is 1.97. The van der Waals surface area contributed by atoms with Crippen LogP contribution in [0.5, 0.6) is 0 Å². The number of nitrogens with zero attached hydrogens (tertiary/aromatic N) is 2. The number of hydrogen-bond donors (Lipinski definition) is 0. The molecular formula is C16H6Br4N2O2S2. The number of carbonyl (C=O) groups is 2. The van der Waals surface area contributed by atoms with Crippen molar-refractivity contribution in [3.63, 3.8) is 0 Å². The highest BCUT2D eigenvalue weighted by Crippen LogP contribution is 2.46. The summed E-state index contributed by atoms with van der Waals surface area (Å²) in [5.41, 5.74) is 2.07. The van der Waals surface area contributed by atoms with E-state index in [9.17, 15) is 9.59 Å². The molecule has 3 aromatic rings. The molecule has 2 aromatic carbocycles. The van der Waals surface area contributed by atoms with Gasteiger partial charge in [-0.3, -0.25) is 9.59 Å². The fourth-order valence-electron chi connectivity index (χ4n) is 2.70. The monoisotopic (exact) mass is 638 g/mol. The number of imide groups is 1. The van der Waals surface area contributed by atoms with E-state index in [0.717, 1.165) is 14.6 Å². The van der Waals surface area contributed by atoms with Crippen LogP contribution in [-0.4, -0.2) is 23.1 Å². The molecule has 4 rings (SSSR count). The Hall–Kier alpha value is -0.260. The van der Waals surface area contributed by atoms with E-state index in [1.54, 1.807) is 17.8 Å². The van der Waals surface area contributed by atoms with Gasteiger partial charge in [-0.2, -0.15) is 0 Å². The highest BCUT2D eigenvalue weighted by atomic mass is 79.9. The second-order valence-corrected chi connectivity index (χ2v) is 10.5. The number of halogens is 4. The fraction of sp³-hybridized carbons (Fsp3) is 0.0625. The van der Waals surface area contributed by atoms with Crippen molar-refractivity contribution in [1.29, 1.82) is 0 Å². The Morgan fingerprint density at radius 1 is 0.962 bits per heavy atom. The van der Waals surface area contributed by atoms with Crippen LogP contribution in [0.15, 0.2) is 40.4 Å². The van der Waals surface area contributed by atoms with Crippen molar-refractivity contribution in [2.75, 3.05) is 11.2 Å². The summed E-state index contributed by atoms with van der Waals surface area (Å²) in [5.74, 6) is -0.723. The highest BCUT2D eigenvalue weighted by Gasteiger charge is 2.41. The first-order valence-corrected chi connectivity index (χ1v) is 12.3. The Morgan fingerprint density at radius 2 is 1.54 bits per heavy atom. The van der Waals surface area contributed by atoms with Crippen LogP contribution >= 0.6 is 86.8 Å². The zero-order valence-electron chi connectivity index (χ0n) is 12.8. The van der Waals surface area contributed by atoms with Gasteiger partial charge in [-0.05, 0) is 88.2 Å². The van der Waals surface area contributed by atoms with Crippen LogP contribution < -0.4 is 4.90 Å². The molecule has 0 radical (unpaired) electrons. The van der Waals surface area contributed by atoms with Crippen LogP contribution in [0, 0.1) is 0 Å². The number of thiazole rings is 1. The molecule has 0 saturated heterocycles. The molecule has 0 atom stereocenters. The fourth-order valence-corrected chi connectivity index (χ4v) is 6.68. The minimum atomic E-state index is -0.361. The molecule has 132 valence electrons. The van der Waals surface area contributed by atoms with E-state index in [2.05, 4.69) is 68.7 Å². The summed E-state index contributed by atoms with van der Waals surface area (Å²) in [6.45, 7) is 0. The molecule has 2 amide bonds. The Bertz CT molecular complexity index is 1080. The standard InChI is InChI=1S/C16H6Br4N2O2S2/c1-25-16-21-6-3-2-5(4-7(6)26-16)22-14(23)8-9(15(22)24)11(18)13(20)12(19)10(8)17/h2-4H,1H3. The van der Waals surface area contributed by atoms with Crippen LogP contribution in [0.2, 0.25) is 0 Å². The third-order valence-corrected chi connectivity index (χ3v) is 10.7. The van der Waals surface area contributed by atoms with E-state index in [1.165, 1.54) is 16.2 Å². The first-order valence-electron chi connectivity index (χ1n) is 7.04. The second kappa shape index (κ2) is 6.97. The zero-order chi connectivity index (χ0) is 18.7. The van der Waals surface area contributed by atoms with Crippen molar-refractivity contribution < 1.29 is 9.59 Å². The predicted molar refractivity (Wildman–Crippen MR) is 120 cm³/mol. The number of hydrogen-bond acceptors (Lipinski definition) is 5. The highest BCUT2D eigenvalue weighted by molar-refractivity contribution is 9.15. The van der Waals surface area contributed by atoms with Gasteiger partial charge in [-0.15, -0.1) is 11.3 Å². The lowest BCUT2D eigenvalue weighted by Crippen LogP contribution is -2.29. The lowest BCUT2D eigenvalue weighted by Gasteiger charge is -2.13. The van der Waals surface area contributed by atoms with E-state index in [4.69, 9.17) is 0 Å². The van der Waals surface area contributed by atoms with Gasteiger partial charge in [0.15, 0.2) is 4.34 Å². The molecule has 0 aliphatic carbocycles. The van der Waals surface area contributed by atoms with E-state index in [1.807, 2.05) is 18.4 Å². The molecule has 26 heavy (non-hydrogen) atoms. The number of aromatic nitrogens is 1. The van der Waals surface area contributed by atoms with E-state index < -0.39 is 0 Å². The Labute approximate surface area is 190 Å². The van der Waals surface area contributed by atoms with Gasteiger partial charge in [0.2, 0.25) is 0 Å². The van der Waals surface area contributed by atoms with Crippen molar-refractivity contribution in [2.24, 2.45) is 0 Å². The van der Waals surface area contributed by atoms with Gasteiger partial charge in [0.25, 0.3) is 11.8 Å². The Balaban J connectivity index is 1.89. The largest absolute Gasteiger partial charge is 0.268 e. The minimum absolute atomic E-state index is 0.339. The Kier molecular flexibility index (Phi) is 5.11. The topological polar surface area (TPSA) is 50.3 Å². The van der Waals surface area contributed by atoms with Gasteiger partial charge in [0.1, 0.15) is 0 Å². The lowest BCUT2D eigenvalue weighted by atomic mass is 10.1. The van der Waals surface area contributed by atoms with Crippen molar-refractivity contribution in [3.8, 4) is 0 Å². The molecule has 4 nitrogen and oxygen atoms in total. The smallest absolute Gasteiger partial charge is 0.267 e. The summed E-state index contributed by atoms with van der Waals surface area (Å²) in [4.78, 5) is 31.8. The summed E-state index contributed by atoms with van der Waals surface area (Å²) in [7, 11) is 0. The molecule has 0 bridgehead atoms. The van der Waals surface area contributed by atoms with E-state index in [0.29, 0.717) is 34.7 Å². The summed E-state index contributed by atoms with van der Waals surface area (Å²) < 4.78 is 4.32. The van der Waals surface area contributed by atoms with Gasteiger partial charge in [-0.25, -0.2) is 9.88 Å². The average molecular weight is 642 g/mol. The number of amides is 2. The number of thioether (sulfide) groups is 1. The molecule has 10 heteroatoms. The van der Waals surface area contributed by atoms with Gasteiger partial charge in [0.05, 0.1) is 27.0 Å². The van der Waals surface area contributed by atoms with E-state index >= 15 is 0 Å². The maximum absolute atomic E-state index is 13.0. The van der Waals surface area contributed by atoms with Gasteiger partial charge >= 0.3 is 0 Å². The summed E-state index contributed by atoms with van der Waals surface area (Å²) >= 11 is 16.8. The molecule has 0 N–H and O–H groups in total. The SMILES string of the molecule is CSc1nc2ccc(N3C(=O)c4c(Br)c(Br)c(Br)c(Br)c4C3=O)cc2s1. The van der Waals surface area contributed by atoms with Crippen LogP contribution in [0.1, 0.15) is 20.7 Å². The molecule has 0 unspecified atom stereocenters. The third kappa shape index (κ3) is 2.76. The van der Waals surface area contributed by atoms with Gasteiger partial charge < -0.3 is 0 Å². The summed E-state index contributed by atoms with van der Waals surface area (Å²) in [6, 6.07) is 5.42. The zero-order valence-corrected chi connectivity index (χ0v) is 20.7. The van der Waals surface area contributed by atoms with Crippen molar-refractivity contribution in [1.82, 2.24) is 4.98 Å². The first-order chi connectivity index (χ1) is 12.3. The molecular weight excluding hydrogens is 636 g/mol. The van der Waals surface area contributed by atoms with E-state index in [-0.39, 0.29) is 11.8 Å². The second-order valence-electron chi connectivity index (χ2n) is 5.29.